The van der Waals surface area contributed by atoms with E-state index in [1.54, 1.807) is 12.4 Å². The van der Waals surface area contributed by atoms with Crippen LogP contribution in [0.5, 0.6) is 0 Å². The lowest BCUT2D eigenvalue weighted by atomic mass is 9.93. The van der Waals surface area contributed by atoms with Crippen LogP contribution in [0.2, 0.25) is 0 Å². The van der Waals surface area contributed by atoms with Crippen LogP contribution >= 0.6 is 0 Å². The lowest BCUT2D eigenvalue weighted by Crippen LogP contribution is -2.39. The summed E-state index contributed by atoms with van der Waals surface area (Å²) >= 11 is 0. The fourth-order valence-electron chi connectivity index (χ4n) is 4.46. The van der Waals surface area contributed by atoms with Crippen molar-refractivity contribution in [3.8, 4) is 5.82 Å². The molecule has 4 aromatic rings. The molecule has 5 rings (SSSR count). The summed E-state index contributed by atoms with van der Waals surface area (Å²) in [5.41, 5.74) is 3.14. The van der Waals surface area contributed by atoms with Crippen molar-refractivity contribution < 1.29 is 4.79 Å². The third-order valence-electron chi connectivity index (χ3n) is 6.20. The number of hydrogen-bond donors (Lipinski definition) is 1. The number of fused-ring (bicyclic) bond motifs is 1. The Hall–Kier alpha value is -3.48. The van der Waals surface area contributed by atoms with Gasteiger partial charge in [-0.15, -0.1) is 0 Å². The lowest BCUT2D eigenvalue weighted by molar-refractivity contribution is -0.131. The molecule has 158 valence electrons. The van der Waals surface area contributed by atoms with Gasteiger partial charge in [0.05, 0.1) is 18.3 Å². The summed E-state index contributed by atoms with van der Waals surface area (Å²) in [5.74, 6) is 2.29. The van der Waals surface area contributed by atoms with Gasteiger partial charge in [-0.05, 0) is 24.5 Å². The van der Waals surface area contributed by atoms with E-state index in [0.717, 1.165) is 66.2 Å². The highest BCUT2D eigenvalue weighted by Crippen LogP contribution is 2.28. The van der Waals surface area contributed by atoms with Gasteiger partial charge in [-0.25, -0.2) is 9.97 Å². The molecule has 1 amide bonds. The third kappa shape index (κ3) is 3.83. The monoisotopic (exact) mass is 414 g/mol. The number of rotatable bonds is 5. The van der Waals surface area contributed by atoms with Crippen LogP contribution < -0.4 is 0 Å². The first-order valence-electron chi connectivity index (χ1n) is 10.9. The molecule has 1 fully saturated rings. The second-order valence-corrected chi connectivity index (χ2v) is 8.06. The van der Waals surface area contributed by atoms with Crippen molar-refractivity contribution in [2.45, 2.75) is 38.5 Å². The average Bonchev–Trinajstić information content (AvgIpc) is 3.46. The van der Waals surface area contributed by atoms with Gasteiger partial charge in [-0.2, -0.15) is 0 Å². The van der Waals surface area contributed by atoms with E-state index in [-0.39, 0.29) is 5.91 Å². The summed E-state index contributed by atoms with van der Waals surface area (Å²) in [6, 6.07) is 8.12. The Bertz CT molecular complexity index is 1200. The largest absolute Gasteiger partial charge is 0.361 e. The van der Waals surface area contributed by atoms with Crippen molar-refractivity contribution in [3.63, 3.8) is 0 Å². The van der Waals surface area contributed by atoms with E-state index >= 15 is 0 Å². The zero-order valence-corrected chi connectivity index (χ0v) is 17.7. The summed E-state index contributed by atoms with van der Waals surface area (Å²) < 4.78 is 2.00. The van der Waals surface area contributed by atoms with Crippen LogP contribution in [0.25, 0.3) is 16.7 Å². The van der Waals surface area contributed by atoms with E-state index in [1.807, 2.05) is 46.3 Å². The van der Waals surface area contributed by atoms with Gasteiger partial charge in [0.2, 0.25) is 5.91 Å². The van der Waals surface area contributed by atoms with E-state index in [2.05, 4.69) is 27.9 Å². The Morgan fingerprint density at radius 2 is 2.03 bits per heavy atom. The molecule has 7 nitrogen and oxygen atoms in total. The average molecular weight is 415 g/mol. The fourth-order valence-corrected chi connectivity index (χ4v) is 4.46. The Balaban J connectivity index is 1.24. The summed E-state index contributed by atoms with van der Waals surface area (Å²) in [5, 5.41) is 1.13. The van der Waals surface area contributed by atoms with Crippen molar-refractivity contribution >= 4 is 16.8 Å². The highest BCUT2D eigenvalue weighted by molar-refractivity contribution is 5.88. The van der Waals surface area contributed by atoms with Crippen LogP contribution in [0.4, 0.5) is 0 Å². The van der Waals surface area contributed by atoms with Crippen molar-refractivity contribution in [2.75, 3.05) is 13.1 Å². The molecule has 31 heavy (non-hydrogen) atoms. The summed E-state index contributed by atoms with van der Waals surface area (Å²) in [4.78, 5) is 31.8. The topological polar surface area (TPSA) is 79.7 Å². The number of hydrogen-bond acceptors (Lipinski definition) is 4. The molecule has 0 unspecified atom stereocenters. The maximum Gasteiger partial charge on any atom is 0.227 e. The van der Waals surface area contributed by atoms with Gasteiger partial charge >= 0.3 is 0 Å². The van der Waals surface area contributed by atoms with Crippen LogP contribution in [0.1, 0.15) is 42.8 Å². The van der Waals surface area contributed by atoms with E-state index < -0.39 is 0 Å². The molecular weight excluding hydrogens is 388 g/mol. The molecule has 1 aliphatic heterocycles. The van der Waals surface area contributed by atoms with Gasteiger partial charge in [-0.3, -0.25) is 14.3 Å². The second-order valence-electron chi connectivity index (χ2n) is 8.06. The number of likely N-dealkylation sites (tertiary alicyclic amines) is 1. The minimum atomic E-state index is 0.189. The summed E-state index contributed by atoms with van der Waals surface area (Å²) in [7, 11) is 0. The normalized spacial score (nSPS) is 14.9. The van der Waals surface area contributed by atoms with Crippen LogP contribution in [-0.4, -0.2) is 48.4 Å². The standard InChI is InChI=1S/C24H26N6O/c1-2-22-26-9-12-30(22)23-16-25-15-21(28-23)17-7-10-29(11-8-17)24(31)13-18-14-27-20-6-4-3-5-19(18)20/h3-6,9,12,14-17,27H,2,7-8,10-11,13H2,1H3. The molecule has 4 heterocycles. The van der Waals surface area contributed by atoms with Gasteiger partial charge in [0, 0.05) is 61.1 Å². The number of para-hydroxylation sites is 1. The van der Waals surface area contributed by atoms with Crippen molar-refractivity contribution in [3.05, 3.63) is 72.3 Å². The number of imidazole rings is 1. The molecule has 7 heteroatoms. The predicted molar refractivity (Wildman–Crippen MR) is 119 cm³/mol. The SMILES string of the molecule is CCc1nccn1-c1cncc(C2CCN(C(=O)Cc3c[nH]c4ccccc34)CC2)n1. The molecule has 0 radical (unpaired) electrons. The number of piperidine rings is 1. The smallest absolute Gasteiger partial charge is 0.227 e. The highest BCUT2D eigenvalue weighted by Gasteiger charge is 2.25. The molecule has 1 aromatic carbocycles. The van der Waals surface area contributed by atoms with Gasteiger partial charge < -0.3 is 9.88 Å². The maximum atomic E-state index is 12.9. The number of carbonyl (C=O) groups excluding carboxylic acids is 1. The fraction of sp³-hybridized carbons (Fsp3) is 0.333. The minimum Gasteiger partial charge on any atom is -0.361 e. The van der Waals surface area contributed by atoms with Crippen LogP contribution in [-0.2, 0) is 17.6 Å². The quantitative estimate of drug-likeness (QED) is 0.541. The van der Waals surface area contributed by atoms with E-state index in [0.29, 0.717) is 12.3 Å². The predicted octanol–water partition coefficient (Wildman–Crippen LogP) is 3.65. The van der Waals surface area contributed by atoms with Crippen molar-refractivity contribution in [2.24, 2.45) is 0 Å². The van der Waals surface area contributed by atoms with E-state index in [1.165, 1.54) is 0 Å². The maximum absolute atomic E-state index is 12.9. The van der Waals surface area contributed by atoms with Crippen molar-refractivity contribution in [1.29, 1.82) is 0 Å². The van der Waals surface area contributed by atoms with Crippen LogP contribution in [0.3, 0.4) is 0 Å². The lowest BCUT2D eigenvalue weighted by Gasteiger charge is -2.31. The summed E-state index contributed by atoms with van der Waals surface area (Å²) in [6.45, 7) is 3.59. The Morgan fingerprint density at radius 3 is 2.87 bits per heavy atom. The number of aryl methyl sites for hydroxylation is 1. The molecule has 1 aliphatic rings. The highest BCUT2D eigenvalue weighted by atomic mass is 16.2. The Morgan fingerprint density at radius 1 is 1.19 bits per heavy atom. The van der Waals surface area contributed by atoms with Gasteiger partial charge in [0.15, 0.2) is 5.82 Å². The zero-order valence-electron chi connectivity index (χ0n) is 17.7. The Labute approximate surface area is 181 Å². The zero-order chi connectivity index (χ0) is 21.2. The molecule has 0 atom stereocenters. The first kappa shape index (κ1) is 19.5. The molecule has 0 bridgehead atoms. The molecule has 0 spiro atoms. The molecule has 1 N–H and O–H groups in total. The number of nitrogens with zero attached hydrogens (tertiary/aromatic N) is 5. The number of aromatic nitrogens is 5. The van der Waals surface area contributed by atoms with Crippen LogP contribution in [0.15, 0.2) is 55.2 Å². The van der Waals surface area contributed by atoms with Crippen LogP contribution in [0, 0.1) is 0 Å². The molecule has 0 aliphatic carbocycles. The van der Waals surface area contributed by atoms with E-state index in [4.69, 9.17) is 4.98 Å². The number of amides is 1. The first-order chi connectivity index (χ1) is 15.2. The number of benzene rings is 1. The van der Waals surface area contributed by atoms with Gasteiger partial charge in [0.1, 0.15) is 5.82 Å². The first-order valence-corrected chi connectivity index (χ1v) is 10.9. The number of H-pyrrole nitrogens is 1. The Kier molecular flexibility index (Phi) is 5.24. The van der Waals surface area contributed by atoms with Gasteiger partial charge in [0.25, 0.3) is 0 Å². The minimum absolute atomic E-state index is 0.189. The number of nitrogens with one attached hydrogen (secondary N) is 1. The molecule has 1 saturated heterocycles. The molecule has 3 aromatic heterocycles. The second kappa shape index (κ2) is 8.34. The molecule has 0 saturated carbocycles. The third-order valence-corrected chi connectivity index (χ3v) is 6.20. The summed E-state index contributed by atoms with van der Waals surface area (Å²) in [6.07, 6.45) is 12.4. The van der Waals surface area contributed by atoms with Crippen molar-refractivity contribution in [1.82, 2.24) is 29.4 Å². The molecular formula is C24H26N6O. The number of aromatic amines is 1. The van der Waals surface area contributed by atoms with Gasteiger partial charge in [-0.1, -0.05) is 25.1 Å². The van der Waals surface area contributed by atoms with E-state index in [9.17, 15) is 4.79 Å². The number of carbonyl (C=O) groups is 1.